The van der Waals surface area contributed by atoms with Gasteiger partial charge in [-0.3, -0.25) is 10.00 Å². The molecule has 0 bridgehead atoms. The van der Waals surface area contributed by atoms with Gasteiger partial charge in [0, 0.05) is 18.8 Å². The molecular weight excluding hydrogens is 302 g/mol. The minimum absolute atomic E-state index is 0.0787. The molecule has 2 amide bonds. The van der Waals surface area contributed by atoms with Crippen molar-refractivity contribution >= 4 is 23.2 Å². The molecule has 7 nitrogen and oxygen atoms in total. The molecule has 0 aromatic carbocycles. The van der Waals surface area contributed by atoms with Crippen molar-refractivity contribution in [3.63, 3.8) is 0 Å². The van der Waals surface area contributed by atoms with Crippen LogP contribution >= 0.6 is 11.3 Å². The van der Waals surface area contributed by atoms with Crippen LogP contribution in [0.4, 0.5) is 10.6 Å². The molecule has 1 unspecified atom stereocenters. The Bertz CT molecular complexity index is 672. The fourth-order valence-electron chi connectivity index (χ4n) is 1.75. The number of aliphatic hydroxyl groups excluding tert-OH is 1. The molecule has 0 saturated carbocycles. The van der Waals surface area contributed by atoms with Crippen molar-refractivity contribution in [1.82, 2.24) is 15.1 Å². The first-order valence-corrected chi connectivity index (χ1v) is 7.69. The first kappa shape index (κ1) is 16.0. The minimum atomic E-state index is -0.763. The average Bonchev–Trinajstić information content (AvgIpc) is 3.14. The maximum atomic E-state index is 11.8. The SMILES string of the molecule is CC(C)n1cc(C#N)c(NC(=O)NCC(O)c2ccsc2)n1. The van der Waals surface area contributed by atoms with Gasteiger partial charge in [-0.15, -0.1) is 0 Å². The van der Waals surface area contributed by atoms with Gasteiger partial charge in [-0.05, 0) is 36.2 Å². The highest BCUT2D eigenvalue weighted by Crippen LogP contribution is 2.16. The molecule has 0 aliphatic rings. The summed E-state index contributed by atoms with van der Waals surface area (Å²) in [6.07, 6.45) is 0.821. The van der Waals surface area contributed by atoms with E-state index in [1.165, 1.54) is 11.3 Å². The summed E-state index contributed by atoms with van der Waals surface area (Å²) >= 11 is 1.48. The van der Waals surface area contributed by atoms with Gasteiger partial charge >= 0.3 is 6.03 Å². The summed E-state index contributed by atoms with van der Waals surface area (Å²) in [6, 6.07) is 3.36. The summed E-state index contributed by atoms with van der Waals surface area (Å²) in [5.74, 6) is 0.207. The summed E-state index contributed by atoms with van der Waals surface area (Å²) in [5, 5.41) is 31.9. The summed E-state index contributed by atoms with van der Waals surface area (Å²) in [4.78, 5) is 11.8. The summed E-state index contributed by atoms with van der Waals surface area (Å²) in [6.45, 7) is 3.93. The molecule has 8 heteroatoms. The first-order chi connectivity index (χ1) is 10.5. The van der Waals surface area contributed by atoms with Crippen LogP contribution < -0.4 is 10.6 Å². The van der Waals surface area contributed by atoms with Crippen LogP contribution in [0.15, 0.2) is 23.0 Å². The number of hydrogen-bond acceptors (Lipinski definition) is 5. The molecule has 3 N–H and O–H groups in total. The van der Waals surface area contributed by atoms with E-state index in [9.17, 15) is 9.90 Å². The molecule has 0 radical (unpaired) electrons. The highest BCUT2D eigenvalue weighted by molar-refractivity contribution is 7.07. The Balaban J connectivity index is 1.93. The van der Waals surface area contributed by atoms with Crippen molar-refractivity contribution in [2.75, 3.05) is 11.9 Å². The molecule has 0 saturated heterocycles. The fourth-order valence-corrected chi connectivity index (χ4v) is 2.46. The molecule has 0 aliphatic carbocycles. The van der Waals surface area contributed by atoms with Crippen LogP contribution in [0.5, 0.6) is 0 Å². The second-order valence-corrected chi connectivity index (χ2v) is 5.76. The van der Waals surface area contributed by atoms with Crippen molar-refractivity contribution < 1.29 is 9.90 Å². The Labute approximate surface area is 132 Å². The van der Waals surface area contributed by atoms with E-state index in [0.29, 0.717) is 5.56 Å². The Morgan fingerprint density at radius 1 is 1.59 bits per heavy atom. The number of aromatic nitrogens is 2. The largest absolute Gasteiger partial charge is 0.387 e. The van der Waals surface area contributed by atoms with Crippen LogP contribution in [0.2, 0.25) is 0 Å². The number of amides is 2. The average molecular weight is 319 g/mol. The second-order valence-electron chi connectivity index (χ2n) is 4.98. The third-order valence-electron chi connectivity index (χ3n) is 3.00. The summed E-state index contributed by atoms with van der Waals surface area (Å²) in [7, 11) is 0. The molecule has 2 rings (SSSR count). The van der Waals surface area contributed by atoms with Gasteiger partial charge in [0.1, 0.15) is 11.6 Å². The quantitative estimate of drug-likeness (QED) is 0.786. The van der Waals surface area contributed by atoms with Crippen LogP contribution in [0.3, 0.4) is 0 Å². The number of rotatable bonds is 5. The number of thiophene rings is 1. The molecular formula is C14H17N5O2S. The molecule has 116 valence electrons. The lowest BCUT2D eigenvalue weighted by Gasteiger charge is -2.10. The van der Waals surface area contributed by atoms with Crippen LogP contribution in [0.1, 0.15) is 37.1 Å². The van der Waals surface area contributed by atoms with Crippen molar-refractivity contribution in [1.29, 1.82) is 5.26 Å². The lowest BCUT2D eigenvalue weighted by atomic mass is 10.2. The number of carbonyl (C=O) groups excluding carboxylic acids is 1. The lowest BCUT2D eigenvalue weighted by Crippen LogP contribution is -2.32. The maximum Gasteiger partial charge on any atom is 0.320 e. The molecule has 0 fully saturated rings. The van der Waals surface area contributed by atoms with Crippen LogP contribution in [0.25, 0.3) is 0 Å². The molecule has 0 spiro atoms. The zero-order valence-electron chi connectivity index (χ0n) is 12.3. The number of carbonyl (C=O) groups is 1. The van der Waals surface area contributed by atoms with E-state index in [1.807, 2.05) is 30.7 Å². The fraction of sp³-hybridized carbons (Fsp3) is 0.357. The molecule has 2 aromatic heterocycles. The van der Waals surface area contributed by atoms with E-state index in [4.69, 9.17) is 5.26 Å². The molecule has 2 aromatic rings. The first-order valence-electron chi connectivity index (χ1n) is 6.75. The smallest absolute Gasteiger partial charge is 0.320 e. The molecule has 22 heavy (non-hydrogen) atoms. The number of aliphatic hydroxyl groups is 1. The highest BCUT2D eigenvalue weighted by atomic mass is 32.1. The number of nitrogens with one attached hydrogen (secondary N) is 2. The molecule has 2 heterocycles. The third kappa shape index (κ3) is 3.84. The van der Waals surface area contributed by atoms with Crippen LogP contribution in [-0.2, 0) is 0 Å². The van der Waals surface area contributed by atoms with Crippen molar-refractivity contribution in [3.05, 3.63) is 34.2 Å². The second kappa shape index (κ2) is 7.06. The summed E-state index contributed by atoms with van der Waals surface area (Å²) < 4.78 is 1.61. The van der Waals surface area contributed by atoms with E-state index in [1.54, 1.807) is 16.9 Å². The topological polar surface area (TPSA) is 103 Å². The summed E-state index contributed by atoms with van der Waals surface area (Å²) in [5.41, 5.74) is 1.05. The standard InChI is InChI=1S/C14H17N5O2S/c1-9(2)19-7-11(5-15)13(18-19)17-14(21)16-6-12(20)10-3-4-22-8-10/h3-4,7-9,12,20H,6H2,1-2H3,(H2,16,17,18,21). The minimum Gasteiger partial charge on any atom is -0.387 e. The van der Waals surface area contributed by atoms with E-state index < -0.39 is 12.1 Å². The van der Waals surface area contributed by atoms with E-state index in [-0.39, 0.29) is 18.4 Å². The van der Waals surface area contributed by atoms with Gasteiger partial charge in [-0.25, -0.2) is 4.79 Å². The molecule has 1 atom stereocenters. The van der Waals surface area contributed by atoms with Crippen molar-refractivity contribution in [2.24, 2.45) is 0 Å². The van der Waals surface area contributed by atoms with Gasteiger partial charge < -0.3 is 10.4 Å². The van der Waals surface area contributed by atoms with Crippen molar-refractivity contribution in [2.45, 2.75) is 26.0 Å². The van der Waals surface area contributed by atoms with Crippen LogP contribution in [-0.4, -0.2) is 27.5 Å². The maximum absolute atomic E-state index is 11.8. The lowest BCUT2D eigenvalue weighted by molar-refractivity contribution is 0.175. The van der Waals surface area contributed by atoms with Gasteiger partial charge in [0.25, 0.3) is 0 Å². The van der Waals surface area contributed by atoms with Gasteiger partial charge in [0.15, 0.2) is 5.82 Å². The Kier molecular flexibility index (Phi) is 5.14. The third-order valence-corrected chi connectivity index (χ3v) is 3.70. The van der Waals surface area contributed by atoms with Gasteiger partial charge in [0.05, 0.1) is 6.10 Å². The number of anilines is 1. The van der Waals surface area contributed by atoms with Crippen molar-refractivity contribution in [3.8, 4) is 6.07 Å². The predicted octanol–water partition coefficient (Wildman–Crippen LogP) is 2.25. The molecule has 0 aliphatic heterocycles. The zero-order chi connectivity index (χ0) is 16.1. The van der Waals surface area contributed by atoms with Gasteiger partial charge in [0.2, 0.25) is 0 Å². The number of nitrogens with zero attached hydrogens (tertiary/aromatic N) is 3. The number of hydrogen-bond donors (Lipinski definition) is 3. The van der Waals surface area contributed by atoms with Crippen LogP contribution in [0, 0.1) is 11.3 Å². The zero-order valence-corrected chi connectivity index (χ0v) is 13.1. The predicted molar refractivity (Wildman–Crippen MR) is 83.6 cm³/mol. The monoisotopic (exact) mass is 319 g/mol. The number of nitriles is 1. The highest BCUT2D eigenvalue weighted by Gasteiger charge is 2.14. The Morgan fingerprint density at radius 2 is 2.36 bits per heavy atom. The normalized spacial score (nSPS) is 12.0. The van der Waals surface area contributed by atoms with Gasteiger partial charge in [-0.1, -0.05) is 0 Å². The number of urea groups is 1. The van der Waals surface area contributed by atoms with Gasteiger partial charge in [-0.2, -0.15) is 21.7 Å². The Morgan fingerprint density at radius 3 is 2.95 bits per heavy atom. The van der Waals surface area contributed by atoms with E-state index >= 15 is 0 Å². The Hall–Kier alpha value is -2.37. The van der Waals surface area contributed by atoms with E-state index in [2.05, 4.69) is 15.7 Å². The van der Waals surface area contributed by atoms with E-state index in [0.717, 1.165) is 5.56 Å².